The zero-order valence-corrected chi connectivity index (χ0v) is 16.2. The first-order valence-corrected chi connectivity index (χ1v) is 9.28. The van der Waals surface area contributed by atoms with Gasteiger partial charge in [-0.25, -0.2) is 0 Å². The molecule has 4 aromatic rings. The Morgan fingerprint density at radius 1 is 1.07 bits per heavy atom. The van der Waals surface area contributed by atoms with E-state index in [4.69, 9.17) is 9.26 Å². The summed E-state index contributed by atoms with van der Waals surface area (Å²) in [5.74, 6) is 1.41. The number of fused-ring (bicyclic) bond motifs is 1. The minimum Gasteiger partial charge on any atom is -0.481 e. The molecule has 0 saturated heterocycles. The Bertz CT molecular complexity index is 1270. The SMILES string of the molecule is CC(C)n1c(=O)c(=O)[nH]c2cc(-c3noc([C@H](C)Oc4ccccc4)n3)ccc21. The molecule has 0 aliphatic carbocycles. The van der Waals surface area contributed by atoms with Crippen molar-refractivity contribution in [1.82, 2.24) is 19.7 Å². The standard InChI is InChI=1S/C21H20N4O4/c1-12(2)25-17-10-9-14(11-16(17)22-19(26)21(25)27)18-23-20(29-24-18)13(3)28-15-7-5-4-6-8-15/h4-13H,1-3H3,(H,22,26)/t13-/m0/s1. The van der Waals surface area contributed by atoms with Gasteiger partial charge in [-0.1, -0.05) is 23.4 Å². The van der Waals surface area contributed by atoms with Crippen molar-refractivity contribution >= 4 is 11.0 Å². The van der Waals surface area contributed by atoms with Crippen LogP contribution in [0.25, 0.3) is 22.4 Å². The van der Waals surface area contributed by atoms with Gasteiger partial charge in [0.25, 0.3) is 5.89 Å². The predicted octanol–water partition coefficient (Wildman–Crippen LogP) is 3.46. The molecular formula is C21H20N4O4. The first-order valence-electron chi connectivity index (χ1n) is 9.28. The van der Waals surface area contributed by atoms with Crippen LogP contribution < -0.4 is 15.9 Å². The van der Waals surface area contributed by atoms with E-state index in [0.717, 1.165) is 0 Å². The van der Waals surface area contributed by atoms with Crippen LogP contribution in [0.2, 0.25) is 0 Å². The molecule has 1 atom stereocenters. The van der Waals surface area contributed by atoms with Crippen molar-refractivity contribution < 1.29 is 9.26 Å². The molecule has 0 saturated carbocycles. The van der Waals surface area contributed by atoms with Crippen molar-refractivity contribution in [3.8, 4) is 17.1 Å². The Kier molecular flexibility index (Phi) is 4.75. The van der Waals surface area contributed by atoms with E-state index in [1.165, 1.54) is 4.57 Å². The van der Waals surface area contributed by atoms with E-state index in [2.05, 4.69) is 15.1 Å². The molecule has 0 amide bonds. The summed E-state index contributed by atoms with van der Waals surface area (Å²) >= 11 is 0. The number of hydrogen-bond donors (Lipinski definition) is 1. The third kappa shape index (κ3) is 3.56. The van der Waals surface area contributed by atoms with E-state index in [0.29, 0.717) is 34.1 Å². The average Bonchev–Trinajstić information content (AvgIpc) is 3.19. The first-order chi connectivity index (χ1) is 13.9. The first kappa shape index (κ1) is 18.7. The summed E-state index contributed by atoms with van der Waals surface area (Å²) in [4.78, 5) is 31.2. The minimum atomic E-state index is -0.665. The van der Waals surface area contributed by atoms with E-state index in [9.17, 15) is 9.59 Å². The lowest BCUT2D eigenvalue weighted by atomic mass is 10.1. The maximum absolute atomic E-state index is 12.2. The maximum Gasteiger partial charge on any atom is 0.316 e. The fourth-order valence-electron chi connectivity index (χ4n) is 3.16. The molecule has 2 heterocycles. The summed E-state index contributed by atoms with van der Waals surface area (Å²) in [6.07, 6.45) is -0.426. The number of para-hydroxylation sites is 1. The van der Waals surface area contributed by atoms with Crippen LogP contribution in [-0.4, -0.2) is 19.7 Å². The number of rotatable bonds is 5. The second-order valence-electron chi connectivity index (χ2n) is 6.98. The van der Waals surface area contributed by atoms with Crippen LogP contribution in [0.4, 0.5) is 0 Å². The van der Waals surface area contributed by atoms with Gasteiger partial charge in [0, 0.05) is 11.6 Å². The van der Waals surface area contributed by atoms with Gasteiger partial charge in [-0.2, -0.15) is 4.98 Å². The molecule has 2 aromatic carbocycles. The maximum atomic E-state index is 12.2. The molecule has 0 spiro atoms. The molecule has 1 N–H and O–H groups in total. The number of nitrogens with zero attached hydrogens (tertiary/aromatic N) is 3. The second kappa shape index (κ2) is 7.38. The van der Waals surface area contributed by atoms with Gasteiger partial charge in [0.05, 0.1) is 11.0 Å². The summed E-state index contributed by atoms with van der Waals surface area (Å²) in [5, 5.41) is 4.03. The molecule has 0 fully saturated rings. The molecule has 0 unspecified atom stereocenters. The smallest absolute Gasteiger partial charge is 0.316 e. The van der Waals surface area contributed by atoms with Gasteiger partial charge < -0.3 is 14.2 Å². The average molecular weight is 392 g/mol. The van der Waals surface area contributed by atoms with Crippen LogP contribution in [0.3, 0.4) is 0 Å². The van der Waals surface area contributed by atoms with Crippen molar-refractivity contribution in [2.45, 2.75) is 32.9 Å². The number of H-pyrrole nitrogens is 1. The molecular weight excluding hydrogens is 372 g/mol. The van der Waals surface area contributed by atoms with Crippen molar-refractivity contribution in [3.63, 3.8) is 0 Å². The molecule has 29 heavy (non-hydrogen) atoms. The van der Waals surface area contributed by atoms with Crippen molar-refractivity contribution in [2.75, 3.05) is 0 Å². The Morgan fingerprint density at radius 2 is 1.83 bits per heavy atom. The zero-order valence-electron chi connectivity index (χ0n) is 16.2. The van der Waals surface area contributed by atoms with E-state index in [-0.39, 0.29) is 6.04 Å². The highest BCUT2D eigenvalue weighted by Crippen LogP contribution is 2.25. The molecule has 0 radical (unpaired) electrons. The van der Waals surface area contributed by atoms with E-state index >= 15 is 0 Å². The number of aromatic amines is 1. The summed E-state index contributed by atoms with van der Waals surface area (Å²) < 4.78 is 12.6. The summed E-state index contributed by atoms with van der Waals surface area (Å²) in [5.41, 5.74) is 0.582. The van der Waals surface area contributed by atoms with E-state index in [1.54, 1.807) is 18.2 Å². The molecule has 0 bridgehead atoms. The number of aromatic nitrogens is 4. The predicted molar refractivity (Wildman–Crippen MR) is 108 cm³/mol. The van der Waals surface area contributed by atoms with E-state index < -0.39 is 17.2 Å². The lowest BCUT2D eigenvalue weighted by Gasteiger charge is -2.13. The molecule has 0 aliphatic rings. The Hall–Kier alpha value is -3.68. The number of ether oxygens (including phenoxy) is 1. The Balaban J connectivity index is 1.68. The fourth-order valence-corrected chi connectivity index (χ4v) is 3.16. The largest absolute Gasteiger partial charge is 0.481 e. The van der Waals surface area contributed by atoms with Crippen molar-refractivity contribution in [1.29, 1.82) is 0 Å². The molecule has 8 heteroatoms. The van der Waals surface area contributed by atoms with Crippen LogP contribution in [0.15, 0.2) is 62.6 Å². The summed E-state index contributed by atoms with van der Waals surface area (Å²) in [6.45, 7) is 5.53. The monoisotopic (exact) mass is 392 g/mol. The Labute approximate surface area is 165 Å². The van der Waals surface area contributed by atoms with Gasteiger partial charge in [-0.05, 0) is 51.1 Å². The Morgan fingerprint density at radius 3 is 2.55 bits per heavy atom. The van der Waals surface area contributed by atoms with Gasteiger partial charge >= 0.3 is 11.1 Å². The number of nitrogens with one attached hydrogen (secondary N) is 1. The van der Waals surface area contributed by atoms with E-state index in [1.807, 2.05) is 51.1 Å². The second-order valence-corrected chi connectivity index (χ2v) is 6.98. The third-order valence-corrected chi connectivity index (χ3v) is 4.54. The van der Waals surface area contributed by atoms with Crippen LogP contribution in [0.1, 0.15) is 38.8 Å². The normalized spacial score (nSPS) is 12.4. The van der Waals surface area contributed by atoms with Crippen molar-refractivity contribution in [3.05, 3.63) is 75.1 Å². The summed E-state index contributed by atoms with van der Waals surface area (Å²) in [6, 6.07) is 14.5. The van der Waals surface area contributed by atoms with Crippen LogP contribution in [0.5, 0.6) is 5.75 Å². The lowest BCUT2D eigenvalue weighted by molar-refractivity contribution is 0.176. The van der Waals surface area contributed by atoms with Crippen LogP contribution >= 0.6 is 0 Å². The molecule has 2 aromatic heterocycles. The highest BCUT2D eigenvalue weighted by atomic mass is 16.5. The quantitative estimate of drug-likeness (QED) is 0.522. The van der Waals surface area contributed by atoms with Gasteiger partial charge in [0.2, 0.25) is 5.82 Å². The highest BCUT2D eigenvalue weighted by Gasteiger charge is 2.18. The lowest BCUT2D eigenvalue weighted by Crippen LogP contribution is -2.37. The van der Waals surface area contributed by atoms with Crippen LogP contribution in [-0.2, 0) is 0 Å². The molecule has 0 aliphatic heterocycles. The fraction of sp³-hybridized carbons (Fsp3) is 0.238. The molecule has 4 rings (SSSR count). The van der Waals surface area contributed by atoms with Gasteiger partial charge in [0.1, 0.15) is 5.75 Å². The molecule has 148 valence electrons. The summed E-state index contributed by atoms with van der Waals surface area (Å²) in [7, 11) is 0. The minimum absolute atomic E-state index is 0.147. The highest BCUT2D eigenvalue weighted by molar-refractivity contribution is 5.80. The third-order valence-electron chi connectivity index (χ3n) is 4.54. The number of benzene rings is 2. The van der Waals surface area contributed by atoms with Crippen molar-refractivity contribution in [2.24, 2.45) is 0 Å². The van der Waals surface area contributed by atoms with Gasteiger partial charge in [-0.3, -0.25) is 14.2 Å². The van der Waals surface area contributed by atoms with Crippen LogP contribution in [0, 0.1) is 0 Å². The zero-order chi connectivity index (χ0) is 20.5. The topological polar surface area (TPSA) is 103 Å². The van der Waals surface area contributed by atoms with Gasteiger partial charge in [-0.15, -0.1) is 0 Å². The number of hydrogen-bond acceptors (Lipinski definition) is 6. The molecule has 8 nitrogen and oxygen atoms in total. The van der Waals surface area contributed by atoms with Gasteiger partial charge in [0.15, 0.2) is 6.10 Å².